The molecule has 1 fully saturated rings. The lowest BCUT2D eigenvalue weighted by atomic mass is 9.86. The van der Waals surface area contributed by atoms with Crippen LogP contribution in [0.1, 0.15) is 38.5 Å². The van der Waals surface area contributed by atoms with E-state index in [2.05, 4.69) is 31.4 Å². The van der Waals surface area contributed by atoms with Crippen molar-refractivity contribution in [2.45, 2.75) is 43.8 Å². The van der Waals surface area contributed by atoms with Gasteiger partial charge in [-0.25, -0.2) is 10.0 Å². The van der Waals surface area contributed by atoms with Crippen molar-refractivity contribution in [2.75, 3.05) is 18.8 Å². The van der Waals surface area contributed by atoms with Crippen molar-refractivity contribution in [1.82, 2.24) is 0 Å². The number of rotatable bonds is 4. The highest BCUT2D eigenvalue weighted by molar-refractivity contribution is 8.32. The highest BCUT2D eigenvalue weighted by Gasteiger charge is 2.26. The zero-order valence-electron chi connectivity index (χ0n) is 10.1. The van der Waals surface area contributed by atoms with Crippen LogP contribution < -0.4 is 0 Å². The van der Waals surface area contributed by atoms with Crippen LogP contribution in [0, 0.1) is 5.92 Å². The fraction of sp³-hybridized carbons (Fsp3) is 0.846. The summed E-state index contributed by atoms with van der Waals surface area (Å²) in [5.74, 6) is 1.01. The second-order valence-electron chi connectivity index (χ2n) is 5.44. The Morgan fingerprint density at radius 2 is 1.71 bits per heavy atom. The Morgan fingerprint density at radius 1 is 1.14 bits per heavy atom. The number of allylic oxidation sites excluding steroid dienone is 1. The van der Waals surface area contributed by atoms with Crippen LogP contribution in [0.25, 0.3) is 0 Å². The molecule has 0 aliphatic heterocycles. The predicted octanol–water partition coefficient (Wildman–Crippen LogP) is 4.21. The lowest BCUT2D eigenvalue weighted by Gasteiger charge is -2.40. The standard InChI is InChI=1S/C13H26S/c1-5-6-7-12-8-10-13(11-9-12)14(2,3)4/h5,12-13H,1,6-11H2,2-4H3. The maximum atomic E-state index is 3.80. The van der Waals surface area contributed by atoms with E-state index in [4.69, 9.17) is 0 Å². The summed E-state index contributed by atoms with van der Waals surface area (Å²) < 4.78 is 0. The second-order valence-corrected chi connectivity index (χ2v) is 9.97. The third-order valence-electron chi connectivity index (χ3n) is 3.57. The van der Waals surface area contributed by atoms with Crippen LogP contribution in [0.3, 0.4) is 0 Å². The van der Waals surface area contributed by atoms with Gasteiger partial charge in [0.2, 0.25) is 0 Å². The van der Waals surface area contributed by atoms with Crippen LogP contribution in [-0.4, -0.2) is 24.0 Å². The van der Waals surface area contributed by atoms with Crippen LogP contribution in [0.2, 0.25) is 0 Å². The van der Waals surface area contributed by atoms with Crippen molar-refractivity contribution in [3.8, 4) is 0 Å². The summed E-state index contributed by atoms with van der Waals surface area (Å²) in [5, 5.41) is 1.04. The average molecular weight is 214 g/mol. The van der Waals surface area contributed by atoms with Crippen LogP contribution in [0.4, 0.5) is 0 Å². The SMILES string of the molecule is C=CCCC1CCC(S(C)(C)C)CC1. The lowest BCUT2D eigenvalue weighted by Crippen LogP contribution is -2.23. The van der Waals surface area contributed by atoms with E-state index in [1.165, 1.54) is 38.5 Å². The van der Waals surface area contributed by atoms with Gasteiger partial charge in [0, 0.05) is 0 Å². The molecule has 0 saturated heterocycles. The van der Waals surface area contributed by atoms with Crippen LogP contribution in [0.5, 0.6) is 0 Å². The van der Waals surface area contributed by atoms with Gasteiger partial charge in [0.15, 0.2) is 0 Å². The summed E-state index contributed by atoms with van der Waals surface area (Å²) in [7, 11) is -0.290. The van der Waals surface area contributed by atoms with Crippen molar-refractivity contribution in [1.29, 1.82) is 0 Å². The fourth-order valence-electron chi connectivity index (χ4n) is 2.48. The molecule has 84 valence electrons. The topological polar surface area (TPSA) is 0 Å². The van der Waals surface area contributed by atoms with Gasteiger partial charge < -0.3 is 0 Å². The zero-order valence-corrected chi connectivity index (χ0v) is 10.9. The minimum Gasteiger partial charge on any atom is -0.247 e. The second kappa shape index (κ2) is 5.25. The first-order chi connectivity index (χ1) is 6.54. The molecule has 0 heterocycles. The monoisotopic (exact) mass is 214 g/mol. The molecule has 1 saturated carbocycles. The van der Waals surface area contributed by atoms with E-state index in [1.807, 2.05) is 0 Å². The molecule has 0 aromatic heterocycles. The van der Waals surface area contributed by atoms with Gasteiger partial charge >= 0.3 is 0 Å². The zero-order chi connectivity index (χ0) is 10.6. The maximum Gasteiger partial charge on any atom is -0.0119 e. The van der Waals surface area contributed by atoms with Gasteiger partial charge in [-0.2, -0.15) is 0 Å². The molecule has 0 radical (unpaired) electrons. The molecule has 0 unspecified atom stereocenters. The van der Waals surface area contributed by atoms with Gasteiger partial charge in [0.25, 0.3) is 0 Å². The summed E-state index contributed by atoms with van der Waals surface area (Å²) in [6, 6.07) is 0. The Bertz CT molecular complexity index is 170. The van der Waals surface area contributed by atoms with Crippen molar-refractivity contribution >= 4 is 10.0 Å². The Labute approximate surface area is 91.5 Å². The number of hydrogen-bond acceptors (Lipinski definition) is 0. The number of hydrogen-bond donors (Lipinski definition) is 0. The molecule has 1 heteroatoms. The molecule has 1 aliphatic rings. The molecule has 1 rings (SSSR count). The van der Waals surface area contributed by atoms with E-state index in [0.29, 0.717) is 0 Å². The first-order valence-corrected chi connectivity index (χ1v) is 8.74. The summed E-state index contributed by atoms with van der Waals surface area (Å²) >= 11 is 0. The lowest BCUT2D eigenvalue weighted by molar-refractivity contribution is 0.346. The third-order valence-corrected chi connectivity index (χ3v) is 6.04. The van der Waals surface area contributed by atoms with E-state index >= 15 is 0 Å². The summed E-state index contributed by atoms with van der Waals surface area (Å²) in [5.41, 5.74) is 0. The molecule has 0 nitrogen and oxygen atoms in total. The molecule has 0 bridgehead atoms. The van der Waals surface area contributed by atoms with E-state index in [9.17, 15) is 0 Å². The van der Waals surface area contributed by atoms with Gasteiger partial charge in [-0.3, -0.25) is 0 Å². The normalized spacial score (nSPS) is 29.9. The van der Waals surface area contributed by atoms with E-state index < -0.39 is 0 Å². The molecule has 1 aliphatic carbocycles. The molecule has 0 aromatic carbocycles. The van der Waals surface area contributed by atoms with Crippen molar-refractivity contribution in [2.24, 2.45) is 5.92 Å². The molecular weight excluding hydrogens is 188 g/mol. The molecule has 0 spiro atoms. The van der Waals surface area contributed by atoms with Crippen LogP contribution in [0.15, 0.2) is 12.7 Å². The Balaban J connectivity index is 2.27. The molecule has 0 atom stereocenters. The first-order valence-electron chi connectivity index (χ1n) is 5.82. The van der Waals surface area contributed by atoms with Gasteiger partial charge in [-0.15, -0.1) is 6.58 Å². The van der Waals surface area contributed by atoms with Crippen molar-refractivity contribution in [3.63, 3.8) is 0 Å². The molecule has 14 heavy (non-hydrogen) atoms. The van der Waals surface area contributed by atoms with Crippen molar-refractivity contribution in [3.05, 3.63) is 12.7 Å². The quantitative estimate of drug-likeness (QED) is 0.615. The Kier molecular flexibility index (Phi) is 4.56. The predicted molar refractivity (Wildman–Crippen MR) is 70.5 cm³/mol. The minimum absolute atomic E-state index is 0.290. The highest BCUT2D eigenvalue weighted by Crippen LogP contribution is 2.49. The smallest absolute Gasteiger partial charge is 0.0119 e. The maximum absolute atomic E-state index is 3.80. The van der Waals surface area contributed by atoms with E-state index in [1.54, 1.807) is 0 Å². The van der Waals surface area contributed by atoms with E-state index in [-0.39, 0.29) is 10.0 Å². The van der Waals surface area contributed by atoms with Gasteiger partial charge in [-0.1, -0.05) is 6.08 Å². The minimum atomic E-state index is -0.290. The van der Waals surface area contributed by atoms with Crippen molar-refractivity contribution < 1.29 is 0 Å². The van der Waals surface area contributed by atoms with Gasteiger partial charge in [0.05, 0.1) is 0 Å². The average Bonchev–Trinajstić information content (AvgIpc) is 2.14. The third kappa shape index (κ3) is 3.68. The summed E-state index contributed by atoms with van der Waals surface area (Å²) in [6.45, 7) is 3.80. The van der Waals surface area contributed by atoms with Gasteiger partial charge in [0.1, 0.15) is 0 Å². The Hall–Kier alpha value is 0.0900. The fourth-order valence-corrected chi connectivity index (χ4v) is 4.17. The molecular formula is C13H26S. The van der Waals surface area contributed by atoms with Crippen LogP contribution >= 0.6 is 10.0 Å². The summed E-state index contributed by atoms with van der Waals surface area (Å²) in [6.07, 6.45) is 18.0. The molecule has 0 aromatic rings. The Morgan fingerprint density at radius 3 is 2.14 bits per heavy atom. The summed E-state index contributed by atoms with van der Waals surface area (Å²) in [4.78, 5) is 0. The molecule has 0 N–H and O–H groups in total. The van der Waals surface area contributed by atoms with Gasteiger partial charge in [-0.05, 0) is 68.5 Å². The highest BCUT2D eigenvalue weighted by atomic mass is 32.3. The first kappa shape index (κ1) is 12.2. The largest absolute Gasteiger partial charge is 0.247 e. The van der Waals surface area contributed by atoms with Crippen LogP contribution in [-0.2, 0) is 0 Å². The van der Waals surface area contributed by atoms with E-state index in [0.717, 1.165) is 11.2 Å². The molecule has 0 amide bonds.